The summed E-state index contributed by atoms with van der Waals surface area (Å²) in [6.07, 6.45) is -0.219. The molecule has 0 aliphatic carbocycles. The number of carbonyl (C=O) groups excluding carboxylic acids is 1. The van der Waals surface area contributed by atoms with Crippen LogP contribution in [0.4, 0.5) is 8.78 Å². The lowest BCUT2D eigenvalue weighted by Gasteiger charge is -2.45. The number of carbonyl (C=O) groups is 1. The molecule has 2 saturated heterocycles. The number of aryl methyl sites for hydroxylation is 1. The number of hydrogen-bond donors (Lipinski definition) is 1. The second kappa shape index (κ2) is 6.25. The van der Waals surface area contributed by atoms with E-state index in [1.807, 2.05) is 0 Å². The molecule has 3 rings (SSSR count). The number of ether oxygens (including phenoxy) is 1. The van der Waals surface area contributed by atoms with Gasteiger partial charge in [-0.15, -0.1) is 0 Å². The smallest absolute Gasteiger partial charge is 0.262 e. The van der Waals surface area contributed by atoms with Gasteiger partial charge in [0, 0.05) is 44.4 Å². The van der Waals surface area contributed by atoms with Gasteiger partial charge in [-0.3, -0.25) is 14.5 Å². The van der Waals surface area contributed by atoms with Crippen LogP contribution in [0.25, 0.3) is 0 Å². The molecule has 1 N–H and O–H groups in total. The second-order valence-corrected chi connectivity index (χ2v) is 6.59. The third kappa shape index (κ3) is 3.21. The molecule has 2 fully saturated rings. The van der Waals surface area contributed by atoms with E-state index in [1.54, 1.807) is 17.9 Å². The Balaban J connectivity index is 1.64. The summed E-state index contributed by atoms with van der Waals surface area (Å²) in [7, 11) is 1.49. The number of halogens is 2. The summed E-state index contributed by atoms with van der Waals surface area (Å²) in [5.41, 5.74) is 0.340. The van der Waals surface area contributed by atoms with Crippen molar-refractivity contribution in [2.45, 2.75) is 31.4 Å². The SMILES string of the molecule is COC[C@@H]1CC(F)(F)CN1C1CN(C(=O)c2ccc(C)[nH]c2=O)C1. The van der Waals surface area contributed by atoms with Crippen molar-refractivity contribution in [2.75, 3.05) is 33.4 Å². The number of aromatic amines is 1. The number of pyridine rings is 1. The third-order valence-electron chi connectivity index (χ3n) is 4.68. The highest BCUT2D eigenvalue weighted by Crippen LogP contribution is 2.35. The van der Waals surface area contributed by atoms with Crippen molar-refractivity contribution in [3.8, 4) is 0 Å². The molecular formula is C16H21F2N3O3. The van der Waals surface area contributed by atoms with Gasteiger partial charge in [0.05, 0.1) is 13.2 Å². The Bertz CT molecular complexity index is 685. The van der Waals surface area contributed by atoms with Crippen LogP contribution < -0.4 is 5.56 Å². The van der Waals surface area contributed by atoms with E-state index in [2.05, 4.69) is 4.98 Å². The van der Waals surface area contributed by atoms with Crippen molar-refractivity contribution in [3.05, 3.63) is 33.7 Å². The standard InChI is InChI=1S/C16H21F2N3O3/c1-10-3-4-13(14(22)19-10)15(23)20-6-12(7-20)21-9-16(17,18)5-11(21)8-24-2/h3-4,11-12H,5-9H2,1-2H3,(H,19,22)/t11-/m0/s1. The van der Waals surface area contributed by atoms with Crippen molar-refractivity contribution in [1.82, 2.24) is 14.8 Å². The number of aromatic nitrogens is 1. The van der Waals surface area contributed by atoms with Gasteiger partial charge >= 0.3 is 0 Å². The highest BCUT2D eigenvalue weighted by Gasteiger charge is 2.50. The Labute approximate surface area is 138 Å². The molecule has 1 amide bonds. The van der Waals surface area contributed by atoms with Crippen LogP contribution in [0.1, 0.15) is 22.5 Å². The highest BCUT2D eigenvalue weighted by atomic mass is 19.3. The Kier molecular flexibility index (Phi) is 4.44. The molecule has 1 atom stereocenters. The first-order valence-corrected chi connectivity index (χ1v) is 7.92. The Morgan fingerprint density at radius 2 is 2.12 bits per heavy atom. The van der Waals surface area contributed by atoms with E-state index < -0.39 is 11.5 Å². The van der Waals surface area contributed by atoms with Crippen LogP contribution in [0.2, 0.25) is 0 Å². The zero-order valence-electron chi connectivity index (χ0n) is 13.7. The molecule has 3 heterocycles. The lowest BCUT2D eigenvalue weighted by molar-refractivity contribution is -0.0136. The maximum atomic E-state index is 13.7. The van der Waals surface area contributed by atoms with E-state index in [1.165, 1.54) is 18.1 Å². The number of amides is 1. The van der Waals surface area contributed by atoms with Crippen molar-refractivity contribution in [2.24, 2.45) is 0 Å². The number of alkyl halides is 2. The quantitative estimate of drug-likeness (QED) is 0.882. The first-order valence-electron chi connectivity index (χ1n) is 7.92. The van der Waals surface area contributed by atoms with E-state index in [9.17, 15) is 18.4 Å². The summed E-state index contributed by atoms with van der Waals surface area (Å²) in [4.78, 5) is 30.1. The number of nitrogens with one attached hydrogen (secondary N) is 1. The minimum absolute atomic E-state index is 0.0826. The van der Waals surface area contributed by atoms with E-state index in [0.29, 0.717) is 18.8 Å². The largest absolute Gasteiger partial charge is 0.383 e. The van der Waals surface area contributed by atoms with Crippen molar-refractivity contribution >= 4 is 5.91 Å². The normalized spacial score (nSPS) is 24.2. The molecule has 2 aliphatic rings. The fourth-order valence-corrected chi connectivity index (χ4v) is 3.44. The Morgan fingerprint density at radius 1 is 1.42 bits per heavy atom. The molecule has 0 radical (unpaired) electrons. The predicted molar refractivity (Wildman–Crippen MR) is 83.4 cm³/mol. The van der Waals surface area contributed by atoms with Crippen LogP contribution in [0, 0.1) is 6.92 Å². The van der Waals surface area contributed by atoms with Gasteiger partial charge < -0.3 is 14.6 Å². The lowest BCUT2D eigenvalue weighted by Crippen LogP contribution is -2.63. The van der Waals surface area contributed by atoms with Crippen LogP contribution in [-0.2, 0) is 4.74 Å². The van der Waals surface area contributed by atoms with Gasteiger partial charge in [0.2, 0.25) is 0 Å². The zero-order valence-corrected chi connectivity index (χ0v) is 13.7. The lowest BCUT2D eigenvalue weighted by atomic mass is 10.0. The Hall–Kier alpha value is -1.80. The van der Waals surface area contributed by atoms with Crippen LogP contribution in [0.5, 0.6) is 0 Å². The van der Waals surface area contributed by atoms with Crippen LogP contribution >= 0.6 is 0 Å². The van der Waals surface area contributed by atoms with Crippen LogP contribution in [0.3, 0.4) is 0 Å². The first-order chi connectivity index (χ1) is 11.3. The third-order valence-corrected chi connectivity index (χ3v) is 4.68. The molecule has 0 bridgehead atoms. The molecule has 1 aromatic heterocycles. The van der Waals surface area contributed by atoms with Crippen LogP contribution in [0.15, 0.2) is 16.9 Å². The van der Waals surface area contributed by atoms with Gasteiger partial charge in [-0.1, -0.05) is 0 Å². The molecule has 132 valence electrons. The minimum Gasteiger partial charge on any atom is -0.383 e. The van der Waals surface area contributed by atoms with Gasteiger partial charge in [-0.25, -0.2) is 8.78 Å². The molecule has 0 spiro atoms. The minimum atomic E-state index is -2.72. The van der Waals surface area contributed by atoms with Gasteiger partial charge in [-0.05, 0) is 19.1 Å². The topological polar surface area (TPSA) is 65.6 Å². The molecule has 0 aromatic carbocycles. The Morgan fingerprint density at radius 3 is 2.75 bits per heavy atom. The fraction of sp³-hybridized carbons (Fsp3) is 0.625. The number of likely N-dealkylation sites (tertiary alicyclic amines) is 2. The highest BCUT2D eigenvalue weighted by molar-refractivity contribution is 5.94. The maximum Gasteiger partial charge on any atom is 0.262 e. The summed E-state index contributed by atoms with van der Waals surface area (Å²) < 4.78 is 32.4. The summed E-state index contributed by atoms with van der Waals surface area (Å²) in [5.74, 6) is -3.08. The average Bonchev–Trinajstić information content (AvgIpc) is 2.72. The molecule has 2 aliphatic heterocycles. The van der Waals surface area contributed by atoms with E-state index >= 15 is 0 Å². The molecule has 0 unspecified atom stereocenters. The zero-order chi connectivity index (χ0) is 17.5. The maximum absolute atomic E-state index is 13.7. The summed E-state index contributed by atoms with van der Waals surface area (Å²) in [6.45, 7) is 2.38. The molecule has 1 aromatic rings. The van der Waals surface area contributed by atoms with Gasteiger partial charge in [0.25, 0.3) is 17.4 Å². The number of hydrogen-bond acceptors (Lipinski definition) is 4. The van der Waals surface area contributed by atoms with Crippen molar-refractivity contribution in [3.63, 3.8) is 0 Å². The van der Waals surface area contributed by atoms with Crippen molar-refractivity contribution < 1.29 is 18.3 Å². The summed E-state index contributed by atoms with van der Waals surface area (Å²) in [5, 5.41) is 0. The number of H-pyrrole nitrogens is 1. The summed E-state index contributed by atoms with van der Waals surface area (Å²) >= 11 is 0. The van der Waals surface area contributed by atoms with Crippen molar-refractivity contribution in [1.29, 1.82) is 0 Å². The molecule has 6 nitrogen and oxygen atoms in total. The predicted octanol–water partition coefficient (Wildman–Crippen LogP) is 0.864. The van der Waals surface area contributed by atoms with Gasteiger partial charge in [0.15, 0.2) is 0 Å². The van der Waals surface area contributed by atoms with Gasteiger partial charge in [-0.2, -0.15) is 0 Å². The van der Waals surface area contributed by atoms with E-state index in [4.69, 9.17) is 4.74 Å². The van der Waals surface area contributed by atoms with E-state index in [0.717, 1.165) is 0 Å². The molecule has 0 saturated carbocycles. The average molecular weight is 341 g/mol. The molecule has 24 heavy (non-hydrogen) atoms. The van der Waals surface area contributed by atoms with E-state index in [-0.39, 0.29) is 43.1 Å². The molecular weight excluding hydrogens is 320 g/mol. The number of methoxy groups -OCH3 is 1. The molecule has 8 heteroatoms. The summed E-state index contributed by atoms with van der Waals surface area (Å²) in [6, 6.07) is 2.71. The van der Waals surface area contributed by atoms with Crippen LogP contribution in [-0.4, -0.2) is 72.0 Å². The fourth-order valence-electron chi connectivity index (χ4n) is 3.44. The number of rotatable bonds is 4. The first kappa shape index (κ1) is 17.0. The van der Waals surface area contributed by atoms with Gasteiger partial charge in [0.1, 0.15) is 5.56 Å². The second-order valence-electron chi connectivity index (χ2n) is 6.59. The monoisotopic (exact) mass is 341 g/mol. The number of nitrogens with zero attached hydrogens (tertiary/aromatic N) is 2.